The van der Waals surface area contributed by atoms with Gasteiger partial charge in [-0.25, -0.2) is 4.79 Å². The van der Waals surface area contributed by atoms with Crippen molar-refractivity contribution in [1.82, 2.24) is 4.57 Å². The zero-order chi connectivity index (χ0) is 10.2. The van der Waals surface area contributed by atoms with Crippen molar-refractivity contribution < 1.29 is 14.8 Å². The second-order valence-electron chi connectivity index (χ2n) is 2.35. The van der Waals surface area contributed by atoms with Crippen LogP contribution in [0.1, 0.15) is 10.5 Å². The van der Waals surface area contributed by atoms with E-state index in [0.717, 1.165) is 10.8 Å². The Morgan fingerprint density at radius 1 is 1.77 bits per heavy atom. The Morgan fingerprint density at radius 3 is 2.54 bits per heavy atom. The first kappa shape index (κ1) is 9.53. The van der Waals surface area contributed by atoms with Crippen LogP contribution >= 0.6 is 11.6 Å². The highest BCUT2D eigenvalue weighted by Gasteiger charge is 2.24. The summed E-state index contributed by atoms with van der Waals surface area (Å²) >= 11 is 5.48. The summed E-state index contributed by atoms with van der Waals surface area (Å²) in [6, 6.07) is 0. The number of aromatic carboxylic acids is 1. The second kappa shape index (κ2) is 3.06. The van der Waals surface area contributed by atoms with Gasteiger partial charge in [0.2, 0.25) is 0 Å². The molecule has 0 spiro atoms. The minimum absolute atomic E-state index is 0.284. The van der Waals surface area contributed by atoms with Crippen molar-refractivity contribution in [2.24, 2.45) is 7.05 Å². The molecule has 0 amide bonds. The molecule has 1 aromatic heterocycles. The standard InChI is InChI=1S/C6H5ClN2O4/c1-8-2-3(9(12)13)4(7)5(8)6(10)11/h2H,1H3,(H,10,11). The molecular formula is C6H5ClN2O4. The maximum Gasteiger partial charge on any atom is 0.354 e. The molecule has 70 valence electrons. The molecule has 1 rings (SSSR count). The molecule has 0 saturated carbocycles. The lowest BCUT2D eigenvalue weighted by atomic mass is 10.4. The summed E-state index contributed by atoms with van der Waals surface area (Å²) in [5.74, 6) is -1.29. The number of carboxylic acid groups (broad SMARTS) is 1. The summed E-state index contributed by atoms with van der Waals surface area (Å²) in [6.07, 6.45) is 1.06. The normalized spacial score (nSPS) is 10.0. The lowest BCUT2D eigenvalue weighted by Crippen LogP contribution is -2.03. The third kappa shape index (κ3) is 1.48. The van der Waals surface area contributed by atoms with E-state index in [0.29, 0.717) is 0 Å². The maximum atomic E-state index is 10.6. The number of halogens is 1. The average molecular weight is 205 g/mol. The molecule has 0 radical (unpaired) electrons. The fourth-order valence-electron chi connectivity index (χ4n) is 0.953. The van der Waals surface area contributed by atoms with Gasteiger partial charge in [-0.15, -0.1) is 0 Å². The Balaban J connectivity index is 3.39. The zero-order valence-electron chi connectivity index (χ0n) is 6.52. The van der Waals surface area contributed by atoms with Crippen LogP contribution in [0.4, 0.5) is 5.69 Å². The molecule has 1 aromatic rings. The maximum absolute atomic E-state index is 10.6. The molecule has 0 aromatic carbocycles. The fourth-order valence-corrected chi connectivity index (χ4v) is 1.28. The molecule has 0 saturated heterocycles. The van der Waals surface area contributed by atoms with Crippen LogP contribution in [0.25, 0.3) is 0 Å². The number of aromatic nitrogens is 1. The van der Waals surface area contributed by atoms with Crippen LogP contribution in [0.15, 0.2) is 6.20 Å². The van der Waals surface area contributed by atoms with E-state index < -0.39 is 16.6 Å². The number of hydrogen-bond donors (Lipinski definition) is 1. The highest BCUT2D eigenvalue weighted by Crippen LogP contribution is 2.29. The van der Waals surface area contributed by atoms with Gasteiger partial charge in [-0.1, -0.05) is 11.6 Å². The van der Waals surface area contributed by atoms with Crippen LogP contribution in [0, 0.1) is 10.1 Å². The topological polar surface area (TPSA) is 85.4 Å². The van der Waals surface area contributed by atoms with Crippen LogP contribution in [-0.2, 0) is 7.05 Å². The summed E-state index contributed by atoms with van der Waals surface area (Å²) in [6.45, 7) is 0. The predicted octanol–water partition coefficient (Wildman–Crippen LogP) is 1.28. The van der Waals surface area contributed by atoms with E-state index in [1.54, 1.807) is 0 Å². The van der Waals surface area contributed by atoms with Gasteiger partial charge in [0.25, 0.3) is 0 Å². The van der Waals surface area contributed by atoms with Gasteiger partial charge in [0.05, 0.1) is 11.1 Å². The molecule has 0 unspecified atom stereocenters. The summed E-state index contributed by atoms with van der Waals surface area (Å²) in [5.41, 5.74) is -0.685. The van der Waals surface area contributed by atoms with E-state index in [-0.39, 0.29) is 10.7 Å². The smallest absolute Gasteiger partial charge is 0.354 e. The van der Waals surface area contributed by atoms with Crippen LogP contribution in [0.3, 0.4) is 0 Å². The highest BCUT2D eigenvalue weighted by molar-refractivity contribution is 6.35. The van der Waals surface area contributed by atoms with E-state index >= 15 is 0 Å². The molecule has 0 fully saturated rings. The van der Waals surface area contributed by atoms with Crippen molar-refractivity contribution in [3.8, 4) is 0 Å². The van der Waals surface area contributed by atoms with Crippen molar-refractivity contribution in [3.05, 3.63) is 27.0 Å². The molecule has 7 heteroatoms. The van der Waals surface area contributed by atoms with Crippen LogP contribution in [0.2, 0.25) is 5.02 Å². The molecule has 13 heavy (non-hydrogen) atoms. The first-order chi connectivity index (χ1) is 5.95. The first-order valence-electron chi connectivity index (χ1n) is 3.17. The number of hydrogen-bond acceptors (Lipinski definition) is 3. The predicted molar refractivity (Wildman–Crippen MR) is 44.0 cm³/mol. The van der Waals surface area contributed by atoms with Gasteiger partial charge < -0.3 is 9.67 Å². The minimum Gasteiger partial charge on any atom is -0.477 e. The number of aryl methyl sites for hydroxylation is 1. The molecule has 0 aliphatic rings. The van der Waals surface area contributed by atoms with Crippen molar-refractivity contribution in [2.75, 3.05) is 0 Å². The third-order valence-corrected chi connectivity index (χ3v) is 1.87. The van der Waals surface area contributed by atoms with Crippen LogP contribution < -0.4 is 0 Å². The Labute approximate surface area is 77.5 Å². The highest BCUT2D eigenvalue weighted by atomic mass is 35.5. The molecule has 0 bridgehead atoms. The SMILES string of the molecule is Cn1cc([N+](=O)[O-])c(Cl)c1C(=O)O. The van der Waals surface area contributed by atoms with Crippen molar-refractivity contribution in [1.29, 1.82) is 0 Å². The molecule has 6 nitrogen and oxygen atoms in total. The Kier molecular flexibility index (Phi) is 2.24. The average Bonchev–Trinajstić information content (AvgIpc) is 2.26. The number of carbonyl (C=O) groups is 1. The summed E-state index contributed by atoms with van der Waals surface area (Å²) in [5, 5.41) is 18.6. The monoisotopic (exact) mass is 204 g/mol. The molecular weight excluding hydrogens is 200 g/mol. The van der Waals surface area contributed by atoms with E-state index in [1.165, 1.54) is 7.05 Å². The Hall–Kier alpha value is -1.56. The number of nitrogens with zero attached hydrogens (tertiary/aromatic N) is 2. The van der Waals surface area contributed by atoms with E-state index in [4.69, 9.17) is 16.7 Å². The number of nitro groups is 1. The number of rotatable bonds is 2. The fraction of sp³-hybridized carbons (Fsp3) is 0.167. The lowest BCUT2D eigenvalue weighted by molar-refractivity contribution is -0.384. The lowest BCUT2D eigenvalue weighted by Gasteiger charge is -1.93. The Bertz CT molecular complexity index is 384. The third-order valence-electron chi connectivity index (χ3n) is 1.50. The summed E-state index contributed by atoms with van der Waals surface area (Å²) in [7, 11) is 1.38. The second-order valence-corrected chi connectivity index (χ2v) is 2.73. The zero-order valence-corrected chi connectivity index (χ0v) is 7.28. The van der Waals surface area contributed by atoms with Crippen LogP contribution in [0.5, 0.6) is 0 Å². The van der Waals surface area contributed by atoms with E-state index in [1.807, 2.05) is 0 Å². The largest absolute Gasteiger partial charge is 0.477 e. The van der Waals surface area contributed by atoms with E-state index in [2.05, 4.69) is 0 Å². The van der Waals surface area contributed by atoms with Gasteiger partial charge >= 0.3 is 11.7 Å². The first-order valence-corrected chi connectivity index (χ1v) is 3.55. The van der Waals surface area contributed by atoms with Crippen molar-refractivity contribution >= 4 is 23.3 Å². The quantitative estimate of drug-likeness (QED) is 0.581. The minimum atomic E-state index is -1.29. The van der Waals surface area contributed by atoms with Gasteiger partial charge in [0.1, 0.15) is 0 Å². The molecule has 0 atom stereocenters. The molecule has 1 N–H and O–H groups in total. The van der Waals surface area contributed by atoms with Crippen molar-refractivity contribution in [2.45, 2.75) is 0 Å². The van der Waals surface area contributed by atoms with Gasteiger partial charge in [-0.2, -0.15) is 0 Å². The number of carboxylic acids is 1. The van der Waals surface area contributed by atoms with Crippen molar-refractivity contribution in [3.63, 3.8) is 0 Å². The van der Waals surface area contributed by atoms with Gasteiger partial charge in [0, 0.05) is 7.05 Å². The molecule has 0 aliphatic heterocycles. The summed E-state index contributed by atoms with van der Waals surface area (Å²) < 4.78 is 1.10. The Morgan fingerprint density at radius 2 is 2.31 bits per heavy atom. The summed E-state index contributed by atoms with van der Waals surface area (Å²) in [4.78, 5) is 20.1. The van der Waals surface area contributed by atoms with Gasteiger partial charge in [-0.05, 0) is 0 Å². The van der Waals surface area contributed by atoms with Crippen LogP contribution in [-0.4, -0.2) is 20.6 Å². The molecule has 0 aliphatic carbocycles. The van der Waals surface area contributed by atoms with Gasteiger partial charge in [0.15, 0.2) is 10.7 Å². The molecule has 1 heterocycles. The van der Waals surface area contributed by atoms with Gasteiger partial charge in [-0.3, -0.25) is 10.1 Å². The van der Waals surface area contributed by atoms with E-state index in [9.17, 15) is 14.9 Å².